The van der Waals surface area contributed by atoms with E-state index in [1.807, 2.05) is 12.1 Å². The lowest BCUT2D eigenvalue weighted by Gasteiger charge is -2.06. The van der Waals surface area contributed by atoms with Gasteiger partial charge >= 0.3 is 0 Å². The first-order chi connectivity index (χ1) is 12.2. The number of amides is 1. The first-order valence-electron chi connectivity index (χ1n) is 8.44. The lowest BCUT2D eigenvalue weighted by Crippen LogP contribution is -2.13. The van der Waals surface area contributed by atoms with E-state index in [0.29, 0.717) is 16.8 Å². The fourth-order valence-electron chi connectivity index (χ4n) is 2.65. The second-order valence-corrected chi connectivity index (χ2v) is 7.86. The molecular formula is C19H21N3OS2. The largest absolute Gasteiger partial charge is 0.300 e. The third kappa shape index (κ3) is 4.58. The molecule has 0 spiro atoms. The maximum atomic E-state index is 12.2. The number of benzene rings is 2. The van der Waals surface area contributed by atoms with Crippen molar-refractivity contribution in [2.75, 3.05) is 11.1 Å². The van der Waals surface area contributed by atoms with E-state index in [0.717, 1.165) is 22.7 Å². The van der Waals surface area contributed by atoms with Gasteiger partial charge in [0, 0.05) is 10.8 Å². The summed E-state index contributed by atoms with van der Waals surface area (Å²) in [7, 11) is 0. The van der Waals surface area contributed by atoms with E-state index in [-0.39, 0.29) is 5.91 Å². The maximum absolute atomic E-state index is 12.2. The van der Waals surface area contributed by atoms with E-state index in [1.54, 1.807) is 0 Å². The van der Waals surface area contributed by atoms with Crippen molar-refractivity contribution in [3.05, 3.63) is 47.5 Å². The van der Waals surface area contributed by atoms with Crippen molar-refractivity contribution in [1.82, 2.24) is 10.2 Å². The molecule has 0 aliphatic carbocycles. The number of fused-ring (bicyclic) bond motifs is 1. The summed E-state index contributed by atoms with van der Waals surface area (Å²) in [5.74, 6) is 0.735. The minimum atomic E-state index is -0.0506. The van der Waals surface area contributed by atoms with E-state index in [9.17, 15) is 4.79 Å². The Bertz CT molecular complexity index is 859. The van der Waals surface area contributed by atoms with Gasteiger partial charge in [-0.25, -0.2) is 0 Å². The van der Waals surface area contributed by atoms with Crippen LogP contribution in [0.1, 0.15) is 37.6 Å². The van der Waals surface area contributed by atoms with Gasteiger partial charge < -0.3 is 0 Å². The van der Waals surface area contributed by atoms with Crippen molar-refractivity contribution in [3.8, 4) is 0 Å². The molecule has 1 aromatic heterocycles. The molecule has 4 nitrogen and oxygen atoms in total. The summed E-state index contributed by atoms with van der Waals surface area (Å²) < 4.78 is 0. The molecule has 0 atom stereocenters. The van der Waals surface area contributed by atoms with Crippen molar-refractivity contribution in [2.45, 2.75) is 37.5 Å². The van der Waals surface area contributed by atoms with Crippen molar-refractivity contribution >= 4 is 44.9 Å². The first-order valence-corrected chi connectivity index (χ1v) is 10.2. The molecule has 0 saturated carbocycles. The van der Waals surface area contributed by atoms with Crippen LogP contribution in [0, 0.1) is 0 Å². The lowest BCUT2D eigenvalue weighted by atomic mass is 10.1. The fraction of sp³-hybridized carbons (Fsp3) is 0.316. The summed E-state index contributed by atoms with van der Waals surface area (Å²) in [6, 6.07) is 14.5. The van der Waals surface area contributed by atoms with Gasteiger partial charge in [0.2, 0.25) is 11.0 Å². The van der Waals surface area contributed by atoms with Gasteiger partial charge in [-0.1, -0.05) is 55.5 Å². The van der Waals surface area contributed by atoms with Crippen LogP contribution in [0.25, 0.3) is 10.8 Å². The van der Waals surface area contributed by atoms with Crippen LogP contribution in [0.4, 0.5) is 5.13 Å². The molecule has 0 aliphatic rings. The zero-order chi connectivity index (χ0) is 17.6. The van der Waals surface area contributed by atoms with Crippen LogP contribution < -0.4 is 5.32 Å². The van der Waals surface area contributed by atoms with Crippen LogP contribution in [0.15, 0.2) is 47.4 Å². The first kappa shape index (κ1) is 17.9. The number of aromatic nitrogens is 2. The third-order valence-electron chi connectivity index (χ3n) is 4.11. The number of hydrogen-bond donors (Lipinski definition) is 1. The quantitative estimate of drug-likeness (QED) is 0.571. The second kappa shape index (κ2) is 8.45. The number of thioether (sulfide) groups is 1. The molecule has 0 radical (unpaired) electrons. The van der Waals surface area contributed by atoms with Gasteiger partial charge in [-0.2, -0.15) is 0 Å². The molecular weight excluding hydrogens is 350 g/mol. The summed E-state index contributed by atoms with van der Waals surface area (Å²) in [6.45, 7) is 4.29. The molecule has 0 unspecified atom stereocenters. The topological polar surface area (TPSA) is 54.9 Å². The highest BCUT2D eigenvalue weighted by Crippen LogP contribution is 2.28. The Labute approximate surface area is 156 Å². The van der Waals surface area contributed by atoms with Gasteiger partial charge in [0.05, 0.1) is 5.75 Å². The number of rotatable bonds is 7. The van der Waals surface area contributed by atoms with E-state index in [4.69, 9.17) is 0 Å². The van der Waals surface area contributed by atoms with E-state index >= 15 is 0 Å². The van der Waals surface area contributed by atoms with Gasteiger partial charge in [-0.3, -0.25) is 10.1 Å². The summed E-state index contributed by atoms with van der Waals surface area (Å²) >= 11 is 3.01. The Hall–Kier alpha value is -1.92. The molecule has 0 aliphatic heterocycles. The van der Waals surface area contributed by atoms with Crippen LogP contribution in [0.3, 0.4) is 0 Å². The predicted octanol–water partition coefficient (Wildman–Crippen LogP) is 5.33. The summed E-state index contributed by atoms with van der Waals surface area (Å²) in [6.07, 6.45) is 2.08. The second-order valence-electron chi connectivity index (χ2n) is 5.80. The summed E-state index contributed by atoms with van der Waals surface area (Å²) in [4.78, 5) is 13.3. The number of carbonyl (C=O) groups is 1. The molecule has 0 fully saturated rings. The Kier molecular flexibility index (Phi) is 6.04. The van der Waals surface area contributed by atoms with Gasteiger partial charge in [0.1, 0.15) is 5.01 Å². The third-order valence-corrected chi connectivity index (χ3v) is 6.11. The molecule has 3 rings (SSSR count). The number of hydrogen-bond acceptors (Lipinski definition) is 5. The van der Waals surface area contributed by atoms with Crippen LogP contribution in [0.5, 0.6) is 0 Å². The Morgan fingerprint density at radius 3 is 2.64 bits per heavy atom. The number of anilines is 1. The average Bonchev–Trinajstić information content (AvgIpc) is 3.09. The Morgan fingerprint density at radius 2 is 1.88 bits per heavy atom. The van der Waals surface area contributed by atoms with Crippen LogP contribution in [0.2, 0.25) is 0 Å². The van der Waals surface area contributed by atoms with Gasteiger partial charge in [-0.15, -0.1) is 22.0 Å². The molecule has 25 heavy (non-hydrogen) atoms. The fourth-order valence-corrected chi connectivity index (χ4v) is 4.42. The molecule has 1 amide bonds. The van der Waals surface area contributed by atoms with E-state index in [2.05, 4.69) is 59.7 Å². The monoisotopic (exact) mass is 371 g/mol. The molecule has 3 aromatic rings. The number of carbonyl (C=O) groups excluding carboxylic acids is 1. The highest BCUT2D eigenvalue weighted by Gasteiger charge is 2.14. The smallest absolute Gasteiger partial charge is 0.236 e. The van der Waals surface area contributed by atoms with Gasteiger partial charge in [-0.05, 0) is 35.7 Å². The van der Waals surface area contributed by atoms with Gasteiger partial charge in [0.15, 0.2) is 0 Å². The minimum Gasteiger partial charge on any atom is -0.300 e. The van der Waals surface area contributed by atoms with Crippen molar-refractivity contribution in [2.24, 2.45) is 0 Å². The number of nitrogens with zero attached hydrogens (tertiary/aromatic N) is 2. The van der Waals surface area contributed by atoms with Crippen molar-refractivity contribution < 1.29 is 4.79 Å². The standard InChI is InChI=1S/C19H21N3OS2/c1-3-13(4-2)18-21-22-19(25-18)20-17(23)12-24-16-10-9-14-7-5-6-8-15(14)11-16/h5-11,13H,3-4,12H2,1-2H3,(H,20,22,23). The van der Waals surface area contributed by atoms with E-state index in [1.165, 1.54) is 33.9 Å². The number of nitrogens with one attached hydrogen (secondary N) is 1. The molecule has 6 heteroatoms. The molecule has 0 bridgehead atoms. The average molecular weight is 372 g/mol. The molecule has 1 heterocycles. The minimum absolute atomic E-state index is 0.0506. The van der Waals surface area contributed by atoms with Crippen molar-refractivity contribution in [3.63, 3.8) is 0 Å². The maximum Gasteiger partial charge on any atom is 0.236 e. The Morgan fingerprint density at radius 1 is 1.12 bits per heavy atom. The molecule has 130 valence electrons. The molecule has 1 N–H and O–H groups in total. The van der Waals surface area contributed by atoms with Crippen LogP contribution in [-0.4, -0.2) is 21.9 Å². The lowest BCUT2D eigenvalue weighted by molar-refractivity contribution is -0.113. The normalized spacial score (nSPS) is 11.2. The summed E-state index contributed by atoms with van der Waals surface area (Å²) in [5, 5.41) is 15.2. The SMILES string of the molecule is CCC(CC)c1nnc(NC(=O)CSc2ccc3ccccc3c2)s1. The van der Waals surface area contributed by atoms with Crippen molar-refractivity contribution in [1.29, 1.82) is 0 Å². The zero-order valence-corrected chi connectivity index (χ0v) is 16.0. The predicted molar refractivity (Wildman–Crippen MR) is 107 cm³/mol. The van der Waals surface area contributed by atoms with E-state index < -0.39 is 0 Å². The van der Waals surface area contributed by atoms with Gasteiger partial charge in [0.25, 0.3) is 0 Å². The van der Waals surface area contributed by atoms with Crippen LogP contribution >= 0.6 is 23.1 Å². The molecule has 0 saturated heterocycles. The highest BCUT2D eigenvalue weighted by molar-refractivity contribution is 8.00. The Balaban J connectivity index is 1.57. The molecule has 2 aromatic carbocycles. The highest BCUT2D eigenvalue weighted by atomic mass is 32.2. The summed E-state index contributed by atoms with van der Waals surface area (Å²) in [5.41, 5.74) is 0. The zero-order valence-electron chi connectivity index (χ0n) is 14.4. The van der Waals surface area contributed by atoms with Crippen LogP contribution in [-0.2, 0) is 4.79 Å².